The summed E-state index contributed by atoms with van der Waals surface area (Å²) in [6, 6.07) is 40.5. The molecule has 0 saturated carbocycles. The Hall–Kier alpha value is -8.89. The molecule has 1 atom stereocenters. The van der Waals surface area contributed by atoms with Gasteiger partial charge in [-0.25, -0.2) is 8.78 Å². The summed E-state index contributed by atoms with van der Waals surface area (Å²) < 4.78 is 208. The Bertz CT molecular complexity index is 4600. The second kappa shape index (κ2) is 51.8. The Morgan fingerprint density at radius 1 is 0.600 bits per heavy atom. The maximum Gasteiger partial charge on any atom is 0.472 e. The van der Waals surface area contributed by atoms with E-state index in [4.69, 9.17) is 21.6 Å². The second-order valence-corrected chi connectivity index (χ2v) is 29.5. The molecule has 0 aliphatic carbocycles. The highest BCUT2D eigenvalue weighted by Crippen LogP contribution is 2.34. The van der Waals surface area contributed by atoms with Crippen molar-refractivity contribution in [2.45, 2.75) is 142 Å². The van der Waals surface area contributed by atoms with Gasteiger partial charge in [0.25, 0.3) is 0 Å². The molecule has 0 aromatic heterocycles. The molecule has 0 spiro atoms. The van der Waals surface area contributed by atoms with Crippen LogP contribution in [0.3, 0.4) is 0 Å². The van der Waals surface area contributed by atoms with Crippen LogP contribution in [0.5, 0.6) is 0 Å². The van der Waals surface area contributed by atoms with E-state index in [2.05, 4.69) is 140 Å². The van der Waals surface area contributed by atoms with Crippen molar-refractivity contribution in [2.24, 2.45) is 15.3 Å². The number of hydrazone groups is 3. The Labute approximate surface area is 713 Å². The van der Waals surface area contributed by atoms with Crippen LogP contribution in [0.4, 0.5) is 95.6 Å². The molecule has 7 aromatic carbocycles. The van der Waals surface area contributed by atoms with E-state index in [1.807, 2.05) is 0 Å². The molecule has 8 rings (SSSR count). The quantitative estimate of drug-likeness (QED) is 0.00412. The van der Waals surface area contributed by atoms with E-state index in [0.29, 0.717) is 44.5 Å². The molecule has 0 bridgehead atoms. The van der Waals surface area contributed by atoms with Gasteiger partial charge in [0.1, 0.15) is 28.3 Å². The first kappa shape index (κ1) is 107. The average molecular weight is 1890 g/mol. The van der Waals surface area contributed by atoms with Gasteiger partial charge in [-0.3, -0.25) is 41.1 Å². The summed E-state index contributed by atoms with van der Waals surface area (Å²) in [4.78, 5) is 35.5. The highest BCUT2D eigenvalue weighted by Gasteiger charge is 2.46. The first-order valence-corrected chi connectivity index (χ1v) is 38.8. The number of amides is 3. The van der Waals surface area contributed by atoms with E-state index in [9.17, 15) is 94.3 Å². The highest BCUT2D eigenvalue weighted by atomic mass is 79.9. The zero-order chi connectivity index (χ0) is 89.8. The second-order valence-electron chi connectivity index (χ2n) is 25.7. The maximum atomic E-state index is 14.1. The van der Waals surface area contributed by atoms with Crippen LogP contribution in [0, 0.1) is 11.6 Å². The van der Waals surface area contributed by atoms with Gasteiger partial charge in [0.2, 0.25) is 17.0 Å². The van der Waals surface area contributed by atoms with Crippen molar-refractivity contribution < 1.29 is 126 Å². The first-order chi connectivity index (χ1) is 55.4. The molecule has 120 heavy (non-hydrogen) atoms. The van der Waals surface area contributed by atoms with Crippen LogP contribution >= 0.6 is 43.5 Å². The zero-order valence-electron chi connectivity index (χ0n) is 65.4. The molecule has 0 fully saturated rings. The van der Waals surface area contributed by atoms with E-state index < -0.39 is 127 Å². The number of carbonyl (C=O) groups is 3. The van der Waals surface area contributed by atoms with Gasteiger partial charge in [-0.05, 0) is 187 Å². The number of anilines is 6. The summed E-state index contributed by atoms with van der Waals surface area (Å²) >= 11 is 11.2. The molecule has 25 nitrogen and oxygen atoms in total. The van der Waals surface area contributed by atoms with Gasteiger partial charge < -0.3 is 73.1 Å². The third-order valence-corrected chi connectivity index (χ3v) is 17.7. The number of nitrogens with one attached hydrogen (secondary N) is 11. The summed E-state index contributed by atoms with van der Waals surface area (Å²) in [5.41, 5.74) is 11.0. The van der Waals surface area contributed by atoms with Crippen LogP contribution in [-0.2, 0) is 54.9 Å². The molecule has 0 saturated heterocycles. The minimum Gasteiger partial charge on any atom is -1.00 e. The highest BCUT2D eigenvalue weighted by molar-refractivity contribution is 9.10. The van der Waals surface area contributed by atoms with E-state index in [0.717, 1.165) is 52.5 Å². The van der Waals surface area contributed by atoms with Crippen LogP contribution < -0.4 is 75.6 Å². The molecule has 1 aliphatic rings. The minimum atomic E-state index is -5.14. The van der Waals surface area contributed by atoms with Crippen molar-refractivity contribution >= 4 is 150 Å². The lowest BCUT2D eigenvalue weighted by molar-refractivity contribution is -0.940. The SMILES string of the molecule is C=CC(=O)Nc1ccc(Br)cc1F.CB(O)NCc1cccc(N/N=C(\Cl)C(F)(F)F)c1.CB(O)NCc1cccc(N/N=C(\OS(=O)(=O)c2ccccc2)C(F)(F)F)c1.CB(O)NCc1cccc(N2N=C(C(F)(F)F)CC2C(=O)Nc2ccc(Br)cc2F)c1.CB(O)NCc1cccc(NNC(=O)C(F)(F)F)c1.CC[NH+](C(C)C)C(C)C.[Cl-]. The summed E-state index contributed by atoms with van der Waals surface area (Å²) in [6.07, 6.45) is -19.0. The molecule has 0 radical (unpaired) electrons. The third kappa shape index (κ3) is 41.6. The van der Waals surface area contributed by atoms with Crippen LogP contribution in [0.25, 0.3) is 0 Å². The third-order valence-electron chi connectivity index (χ3n) is 15.2. The molecule has 7 aromatic rings. The van der Waals surface area contributed by atoms with Crippen molar-refractivity contribution in [2.75, 3.05) is 38.5 Å². The number of alkyl halides is 12. The normalized spacial score (nSPS) is 12.8. The molecule has 48 heteroatoms. The lowest BCUT2D eigenvalue weighted by Gasteiger charge is -2.25. The van der Waals surface area contributed by atoms with Crippen molar-refractivity contribution in [3.63, 3.8) is 0 Å². The number of benzene rings is 7. The number of quaternary nitrogens is 1. The van der Waals surface area contributed by atoms with Gasteiger partial charge in [0.15, 0.2) is 0 Å². The van der Waals surface area contributed by atoms with Gasteiger partial charge in [0.05, 0.1) is 52.8 Å². The molecule has 1 unspecified atom stereocenters. The molecule has 15 N–H and O–H groups in total. The smallest absolute Gasteiger partial charge is 0.472 e. The summed E-state index contributed by atoms with van der Waals surface area (Å²) in [7, 11) is -7.60. The van der Waals surface area contributed by atoms with E-state index >= 15 is 0 Å². The molecular formula is C72H87B4Br2Cl2F14N15O10S. The average Bonchev–Trinajstić information content (AvgIpc) is 1.64. The van der Waals surface area contributed by atoms with Crippen LogP contribution in [-0.4, -0.2) is 141 Å². The predicted octanol–water partition coefficient (Wildman–Crippen LogP) is 10.2. The lowest BCUT2D eigenvalue weighted by atomic mass is 9.88. The van der Waals surface area contributed by atoms with Crippen molar-refractivity contribution in [3.05, 3.63) is 219 Å². The molecule has 1 aliphatic heterocycles. The summed E-state index contributed by atoms with van der Waals surface area (Å²) in [5.74, 6) is -6.48. The fourth-order valence-electron chi connectivity index (χ4n) is 9.68. The lowest BCUT2D eigenvalue weighted by Crippen LogP contribution is -3.17. The van der Waals surface area contributed by atoms with Gasteiger partial charge in [-0.15, -0.1) is 5.10 Å². The predicted molar refractivity (Wildman–Crippen MR) is 443 cm³/mol. The van der Waals surface area contributed by atoms with Crippen molar-refractivity contribution in [3.8, 4) is 0 Å². The Balaban J connectivity index is 0.000000507. The standard InChI is InChI=1S/C19H18BBrF4N4O2.C16H17BF3N3O4S.C10H12BClF3N3O.C10H13BF3N3O2.C9H7BrFNO.C8H19N.ClH/c1-20(31)26-10-11-3-2-4-13(7-11)29-16(9-17(28-29)19(23,24)25)18(30)27-15-6-5-12(21)8-14(15)22;1-17(24)21-11-12-6-5-7-13(10-12)22-23-15(16(18,19)20)27-28(25,26)14-8-3-2-4-9-14;1-11(19)16-6-7-3-2-4-8(5-7)17-18-9(12)10(13,14)15;1-11(19)15-6-7-3-2-4-8(5-7)16-17-9(18)10(12,13)14;1-2-9(13)12-8-4-3-6(10)5-7(8)11;1-6-9(7(2)3)8(4)5;/h2-8,16,26,31H,9-10H2,1H3,(H,27,30);2-10,21-22,24H,11H2,1H3;2-5,16-17,19H,6H2,1H3;2-5,15-16,19H,6H2,1H3,(H,17,18);2-5H,1H2,(H,12,13);7-8H,6H2,1-5H3;1H/b;23-15-;18-9-;;;;. The van der Waals surface area contributed by atoms with Crippen molar-refractivity contribution in [1.29, 1.82) is 0 Å². The molecule has 1 heterocycles. The first-order valence-electron chi connectivity index (χ1n) is 35.5. The molecule has 3 amide bonds. The number of rotatable bonds is 28. The monoisotopic (exact) mass is 1890 g/mol. The maximum absolute atomic E-state index is 14.1. The van der Waals surface area contributed by atoms with Crippen LogP contribution in [0.15, 0.2) is 206 Å². The number of carbonyl (C=O) groups excluding carboxylic acids is 3. The number of hydrogen-bond acceptors (Lipinski definition) is 21. The number of hydrazine groups is 1. The van der Waals surface area contributed by atoms with Crippen molar-refractivity contribution in [1.82, 2.24) is 26.3 Å². The summed E-state index contributed by atoms with van der Waals surface area (Å²) in [6.45, 7) is 23.3. The Kier molecular flexibility index (Phi) is 46.2. The Morgan fingerprint density at radius 3 is 1.40 bits per heavy atom. The largest absolute Gasteiger partial charge is 1.00 e. The van der Waals surface area contributed by atoms with Crippen LogP contribution in [0.1, 0.15) is 63.3 Å². The molecule has 654 valence electrons. The minimum absolute atomic E-state index is 0. The number of hydrogen-bond donors (Lipinski definition) is 15. The zero-order valence-corrected chi connectivity index (χ0v) is 70.9. The van der Waals surface area contributed by atoms with Gasteiger partial charge in [-0.2, -0.15) is 71.3 Å². The van der Waals surface area contributed by atoms with E-state index in [1.165, 1.54) is 86.9 Å². The topological polar surface area (TPSA) is 341 Å². The number of halogens is 18. The van der Waals surface area contributed by atoms with E-state index in [-0.39, 0.29) is 48.2 Å². The fraction of sp³-hybridized carbons (Fsp3) is 0.306. The molecular weight excluding hydrogens is 1810 g/mol. The fourth-order valence-corrected chi connectivity index (χ4v) is 11.3. The van der Waals surface area contributed by atoms with Crippen LogP contribution in [0.2, 0.25) is 27.3 Å². The Morgan fingerprint density at radius 2 is 1.02 bits per heavy atom. The number of nitrogens with zero attached hydrogens (tertiary/aromatic N) is 4. The van der Waals surface area contributed by atoms with Gasteiger partial charge >= 0.3 is 74.8 Å². The van der Waals surface area contributed by atoms with E-state index in [1.54, 1.807) is 103 Å². The van der Waals surface area contributed by atoms with Gasteiger partial charge in [-0.1, -0.05) is 117 Å². The van der Waals surface area contributed by atoms with Gasteiger partial charge in [0, 0.05) is 41.5 Å². The summed E-state index contributed by atoms with van der Waals surface area (Å²) in [5, 5.41) is 61.6.